The summed E-state index contributed by atoms with van der Waals surface area (Å²) < 4.78 is 5.75. The van der Waals surface area contributed by atoms with Gasteiger partial charge >= 0.3 is 0 Å². The molecule has 2 aromatic rings. The Hall–Kier alpha value is -2.60. The molecule has 0 aliphatic heterocycles. The normalized spacial score (nSPS) is 10.5. The summed E-state index contributed by atoms with van der Waals surface area (Å²) in [5.41, 5.74) is 2.42. The second-order valence-corrected chi connectivity index (χ2v) is 4.66. The third-order valence-corrected chi connectivity index (χ3v) is 3.01. The number of hydrogen-bond donors (Lipinski definition) is 0. The van der Waals surface area contributed by atoms with E-state index in [2.05, 4.69) is 18.0 Å². The van der Waals surface area contributed by atoms with Crippen molar-refractivity contribution in [3.8, 4) is 11.8 Å². The summed E-state index contributed by atoms with van der Waals surface area (Å²) in [6.07, 6.45) is 3.92. The fraction of sp³-hybridized carbons (Fsp3) is 0.222. The van der Waals surface area contributed by atoms with Crippen molar-refractivity contribution in [1.29, 1.82) is 5.26 Å². The van der Waals surface area contributed by atoms with Gasteiger partial charge < -0.3 is 4.74 Å². The third kappa shape index (κ3) is 4.47. The molecular weight excluding hydrogens is 260 g/mol. The van der Waals surface area contributed by atoms with Crippen LogP contribution in [0.1, 0.15) is 30.9 Å². The molecule has 0 N–H and O–H groups in total. The van der Waals surface area contributed by atoms with Crippen LogP contribution in [0.15, 0.2) is 53.5 Å². The van der Waals surface area contributed by atoms with Gasteiger partial charge in [0.05, 0.1) is 18.2 Å². The molecular formula is C18H18N2O. The van der Waals surface area contributed by atoms with E-state index in [1.165, 1.54) is 0 Å². The summed E-state index contributed by atoms with van der Waals surface area (Å²) in [6.45, 7) is 2.85. The SMILES string of the molecule is CCCCOc1ccccc1/N=C/c1ccc(C#N)cc1. The summed E-state index contributed by atoms with van der Waals surface area (Å²) >= 11 is 0. The van der Waals surface area contributed by atoms with Crippen LogP contribution in [0.3, 0.4) is 0 Å². The quantitative estimate of drug-likeness (QED) is 0.577. The average molecular weight is 278 g/mol. The Morgan fingerprint density at radius 2 is 1.90 bits per heavy atom. The molecule has 106 valence electrons. The topological polar surface area (TPSA) is 45.4 Å². The number of para-hydroxylation sites is 2. The Balaban J connectivity index is 2.10. The number of ether oxygens (including phenoxy) is 1. The van der Waals surface area contributed by atoms with Gasteiger partial charge in [-0.2, -0.15) is 5.26 Å². The second-order valence-electron chi connectivity index (χ2n) is 4.66. The van der Waals surface area contributed by atoms with Crippen LogP contribution >= 0.6 is 0 Å². The average Bonchev–Trinajstić information content (AvgIpc) is 2.54. The minimum Gasteiger partial charge on any atom is -0.491 e. The van der Waals surface area contributed by atoms with Gasteiger partial charge in [0.15, 0.2) is 0 Å². The third-order valence-electron chi connectivity index (χ3n) is 3.01. The van der Waals surface area contributed by atoms with Crippen LogP contribution in [0.2, 0.25) is 0 Å². The number of aliphatic imine (C=N–C) groups is 1. The van der Waals surface area contributed by atoms with Gasteiger partial charge in [-0.15, -0.1) is 0 Å². The zero-order valence-electron chi connectivity index (χ0n) is 12.1. The van der Waals surface area contributed by atoms with Crippen molar-refractivity contribution >= 4 is 11.9 Å². The first kappa shape index (κ1) is 14.8. The van der Waals surface area contributed by atoms with E-state index in [0.29, 0.717) is 12.2 Å². The maximum atomic E-state index is 8.78. The van der Waals surface area contributed by atoms with E-state index in [1.807, 2.05) is 36.4 Å². The molecule has 0 spiro atoms. The highest BCUT2D eigenvalue weighted by Gasteiger charge is 2.00. The molecule has 0 amide bonds. The van der Waals surface area contributed by atoms with Crippen molar-refractivity contribution in [2.45, 2.75) is 19.8 Å². The van der Waals surface area contributed by atoms with E-state index < -0.39 is 0 Å². The van der Waals surface area contributed by atoms with Crippen molar-refractivity contribution in [2.24, 2.45) is 4.99 Å². The van der Waals surface area contributed by atoms with Gasteiger partial charge in [0.2, 0.25) is 0 Å². The lowest BCUT2D eigenvalue weighted by Gasteiger charge is -2.07. The predicted octanol–water partition coefficient (Wildman–Crippen LogP) is 4.49. The Bertz CT molecular complexity index is 639. The molecule has 3 heteroatoms. The molecule has 0 aromatic heterocycles. The van der Waals surface area contributed by atoms with Crippen molar-refractivity contribution in [1.82, 2.24) is 0 Å². The minimum absolute atomic E-state index is 0.649. The van der Waals surface area contributed by atoms with Crippen LogP contribution in [0.25, 0.3) is 0 Å². The molecule has 0 aliphatic carbocycles. The van der Waals surface area contributed by atoms with E-state index in [0.717, 1.165) is 29.8 Å². The van der Waals surface area contributed by atoms with Crippen molar-refractivity contribution in [3.05, 3.63) is 59.7 Å². The summed E-state index contributed by atoms with van der Waals surface area (Å²) in [5, 5.41) is 8.78. The van der Waals surface area contributed by atoms with Crippen molar-refractivity contribution < 1.29 is 4.74 Å². The molecule has 3 nitrogen and oxygen atoms in total. The zero-order chi connectivity index (χ0) is 14.9. The number of benzene rings is 2. The Morgan fingerprint density at radius 3 is 2.62 bits per heavy atom. The molecule has 2 rings (SSSR count). The molecule has 0 atom stereocenters. The first-order chi connectivity index (χ1) is 10.3. The predicted molar refractivity (Wildman–Crippen MR) is 85.3 cm³/mol. The minimum atomic E-state index is 0.649. The smallest absolute Gasteiger partial charge is 0.144 e. The van der Waals surface area contributed by atoms with Gasteiger partial charge in [0.25, 0.3) is 0 Å². The lowest BCUT2D eigenvalue weighted by Crippen LogP contribution is -1.96. The molecule has 0 saturated heterocycles. The highest BCUT2D eigenvalue weighted by Crippen LogP contribution is 2.26. The Kier molecular flexibility index (Phi) is 5.54. The van der Waals surface area contributed by atoms with E-state index in [4.69, 9.17) is 10.00 Å². The van der Waals surface area contributed by atoms with E-state index >= 15 is 0 Å². The largest absolute Gasteiger partial charge is 0.491 e. The molecule has 0 bridgehead atoms. The maximum Gasteiger partial charge on any atom is 0.144 e. The van der Waals surface area contributed by atoms with Crippen LogP contribution in [0.4, 0.5) is 5.69 Å². The monoisotopic (exact) mass is 278 g/mol. The van der Waals surface area contributed by atoms with E-state index in [9.17, 15) is 0 Å². The highest BCUT2D eigenvalue weighted by molar-refractivity contribution is 5.82. The lowest BCUT2D eigenvalue weighted by molar-refractivity contribution is 0.310. The standard InChI is InChI=1S/C18H18N2O/c1-2-3-12-21-18-7-5-4-6-17(18)20-14-16-10-8-15(13-19)9-11-16/h4-11,14H,2-3,12H2,1H3/b20-14+. The van der Waals surface area contributed by atoms with Crippen LogP contribution in [0, 0.1) is 11.3 Å². The molecule has 0 heterocycles. The number of unbranched alkanes of at least 4 members (excludes halogenated alkanes) is 1. The van der Waals surface area contributed by atoms with Crippen LogP contribution in [-0.2, 0) is 0 Å². The van der Waals surface area contributed by atoms with Crippen LogP contribution in [-0.4, -0.2) is 12.8 Å². The van der Waals surface area contributed by atoms with E-state index in [-0.39, 0.29) is 0 Å². The first-order valence-corrected chi connectivity index (χ1v) is 7.09. The summed E-state index contributed by atoms with van der Waals surface area (Å²) in [6, 6.07) is 17.2. The number of nitrogens with zero attached hydrogens (tertiary/aromatic N) is 2. The number of rotatable bonds is 6. The first-order valence-electron chi connectivity index (χ1n) is 7.09. The molecule has 2 aromatic carbocycles. The van der Waals surface area contributed by atoms with Crippen molar-refractivity contribution in [3.63, 3.8) is 0 Å². The molecule has 21 heavy (non-hydrogen) atoms. The lowest BCUT2D eigenvalue weighted by atomic mass is 10.2. The van der Waals surface area contributed by atoms with Gasteiger partial charge in [-0.05, 0) is 36.2 Å². The van der Waals surface area contributed by atoms with Crippen LogP contribution < -0.4 is 4.74 Å². The fourth-order valence-electron chi connectivity index (χ4n) is 1.80. The number of hydrogen-bond acceptors (Lipinski definition) is 3. The highest BCUT2D eigenvalue weighted by atomic mass is 16.5. The molecule has 0 unspecified atom stereocenters. The second kappa shape index (κ2) is 7.86. The Labute approximate surface area is 125 Å². The molecule has 0 saturated carbocycles. The molecule has 0 fully saturated rings. The van der Waals surface area contributed by atoms with Crippen LogP contribution in [0.5, 0.6) is 5.75 Å². The van der Waals surface area contributed by atoms with Gasteiger partial charge in [-0.3, -0.25) is 4.99 Å². The number of nitriles is 1. The van der Waals surface area contributed by atoms with Gasteiger partial charge in [-0.25, -0.2) is 0 Å². The molecule has 0 radical (unpaired) electrons. The maximum absolute atomic E-state index is 8.78. The van der Waals surface area contributed by atoms with E-state index in [1.54, 1.807) is 18.3 Å². The van der Waals surface area contributed by atoms with Gasteiger partial charge in [0, 0.05) is 6.21 Å². The van der Waals surface area contributed by atoms with Gasteiger partial charge in [0.1, 0.15) is 11.4 Å². The summed E-state index contributed by atoms with van der Waals surface area (Å²) in [7, 11) is 0. The van der Waals surface area contributed by atoms with Gasteiger partial charge in [-0.1, -0.05) is 37.6 Å². The molecule has 0 aliphatic rings. The fourth-order valence-corrected chi connectivity index (χ4v) is 1.80. The zero-order valence-corrected chi connectivity index (χ0v) is 12.1. The summed E-state index contributed by atoms with van der Waals surface area (Å²) in [5.74, 6) is 0.802. The van der Waals surface area contributed by atoms with Crippen molar-refractivity contribution in [2.75, 3.05) is 6.61 Å². The summed E-state index contributed by atoms with van der Waals surface area (Å²) in [4.78, 5) is 4.48. The Morgan fingerprint density at radius 1 is 1.14 bits per heavy atom.